The zero-order chi connectivity index (χ0) is 22.1. The topological polar surface area (TPSA) is 89.1 Å². The first kappa shape index (κ1) is 22.2. The lowest BCUT2D eigenvalue weighted by molar-refractivity contribution is -0.113. The number of aromatic hydroxyl groups is 1. The Bertz CT molecular complexity index is 1000. The lowest BCUT2D eigenvalue weighted by atomic mass is 10.0. The van der Waals surface area contributed by atoms with Gasteiger partial charge in [0, 0.05) is 55.7 Å². The van der Waals surface area contributed by atoms with Crippen LogP contribution in [-0.4, -0.2) is 42.1 Å². The molecule has 0 aromatic heterocycles. The minimum absolute atomic E-state index is 0.0821. The van der Waals surface area contributed by atoms with E-state index in [0.29, 0.717) is 17.0 Å². The van der Waals surface area contributed by atoms with Crippen LogP contribution in [0.2, 0.25) is 0 Å². The zero-order valence-corrected chi connectivity index (χ0v) is 17.8. The number of para-hydroxylation sites is 1. The van der Waals surface area contributed by atoms with Gasteiger partial charge >= 0.3 is 0 Å². The number of Topliss-reactive ketones (excluding diaryl/α,β-unsaturated/α-hetero) is 1. The first-order valence-corrected chi connectivity index (χ1v) is 10.5. The first-order valence-electron chi connectivity index (χ1n) is 10.5. The summed E-state index contributed by atoms with van der Waals surface area (Å²) in [7, 11) is 0. The molecule has 160 valence electrons. The SMILES string of the molecule is C/C=C(\C(=O)CC=Nc1ccc(N2CCCC2)cc1O)C(CC=N)=Nc1ccccc1. The van der Waals surface area contributed by atoms with Gasteiger partial charge < -0.3 is 15.4 Å². The van der Waals surface area contributed by atoms with Crippen molar-refractivity contribution >= 4 is 41.0 Å². The van der Waals surface area contributed by atoms with Gasteiger partial charge in [-0.3, -0.25) is 14.8 Å². The quantitative estimate of drug-likeness (QED) is 0.423. The van der Waals surface area contributed by atoms with Crippen LogP contribution in [-0.2, 0) is 4.79 Å². The summed E-state index contributed by atoms with van der Waals surface area (Å²) in [6, 6.07) is 14.8. The van der Waals surface area contributed by atoms with Gasteiger partial charge in [-0.15, -0.1) is 0 Å². The van der Waals surface area contributed by atoms with Gasteiger partial charge in [0.1, 0.15) is 11.4 Å². The molecule has 6 heteroatoms. The Morgan fingerprint density at radius 1 is 1.13 bits per heavy atom. The lowest BCUT2D eigenvalue weighted by Gasteiger charge is -2.17. The summed E-state index contributed by atoms with van der Waals surface area (Å²) in [5.74, 6) is -0.0227. The molecule has 0 amide bonds. The maximum atomic E-state index is 12.8. The largest absolute Gasteiger partial charge is 0.506 e. The molecule has 0 saturated carbocycles. The Morgan fingerprint density at radius 2 is 1.87 bits per heavy atom. The number of nitrogens with one attached hydrogen (secondary N) is 1. The molecule has 1 heterocycles. The van der Waals surface area contributed by atoms with E-state index in [1.54, 1.807) is 25.1 Å². The number of carbonyl (C=O) groups is 1. The summed E-state index contributed by atoms with van der Waals surface area (Å²) in [5, 5.41) is 17.8. The minimum Gasteiger partial charge on any atom is -0.506 e. The van der Waals surface area contributed by atoms with Crippen LogP contribution >= 0.6 is 0 Å². The van der Waals surface area contributed by atoms with Gasteiger partial charge in [-0.05, 0) is 44.0 Å². The fourth-order valence-corrected chi connectivity index (χ4v) is 3.59. The second-order valence-electron chi connectivity index (χ2n) is 7.31. The Labute approximate surface area is 183 Å². The van der Waals surface area contributed by atoms with Crippen molar-refractivity contribution in [2.24, 2.45) is 9.98 Å². The number of anilines is 1. The molecule has 31 heavy (non-hydrogen) atoms. The number of allylic oxidation sites excluding steroid dienone is 2. The monoisotopic (exact) mass is 416 g/mol. The van der Waals surface area contributed by atoms with Crippen molar-refractivity contribution in [3.05, 3.63) is 60.2 Å². The van der Waals surface area contributed by atoms with Crippen LogP contribution in [0.15, 0.2) is 70.2 Å². The van der Waals surface area contributed by atoms with E-state index in [2.05, 4.69) is 14.9 Å². The van der Waals surface area contributed by atoms with E-state index in [1.807, 2.05) is 36.4 Å². The average molecular weight is 417 g/mol. The van der Waals surface area contributed by atoms with E-state index >= 15 is 0 Å². The van der Waals surface area contributed by atoms with Crippen LogP contribution in [0.1, 0.15) is 32.6 Å². The van der Waals surface area contributed by atoms with Crippen molar-refractivity contribution < 1.29 is 9.90 Å². The third kappa shape index (κ3) is 5.98. The predicted molar refractivity (Wildman–Crippen MR) is 128 cm³/mol. The van der Waals surface area contributed by atoms with E-state index < -0.39 is 0 Å². The second kappa shape index (κ2) is 11.0. The van der Waals surface area contributed by atoms with Crippen LogP contribution in [0.4, 0.5) is 17.1 Å². The minimum atomic E-state index is -0.129. The smallest absolute Gasteiger partial charge is 0.169 e. The number of hydrogen-bond donors (Lipinski definition) is 2. The highest BCUT2D eigenvalue weighted by Gasteiger charge is 2.15. The number of hydrogen-bond acceptors (Lipinski definition) is 6. The van der Waals surface area contributed by atoms with Gasteiger partial charge in [0.25, 0.3) is 0 Å². The number of ketones is 1. The van der Waals surface area contributed by atoms with Gasteiger partial charge in [0.2, 0.25) is 0 Å². The van der Waals surface area contributed by atoms with Crippen molar-refractivity contribution in [2.45, 2.75) is 32.6 Å². The maximum absolute atomic E-state index is 12.8. The summed E-state index contributed by atoms with van der Waals surface area (Å²) in [5.41, 5.74) is 3.21. The number of nitrogens with zero attached hydrogens (tertiary/aromatic N) is 3. The van der Waals surface area contributed by atoms with Gasteiger partial charge in [-0.1, -0.05) is 24.3 Å². The summed E-state index contributed by atoms with van der Waals surface area (Å²) in [6.45, 7) is 3.80. The number of aliphatic imine (C=N–C) groups is 2. The molecule has 2 aromatic rings. The van der Waals surface area contributed by atoms with Crippen molar-refractivity contribution in [3.8, 4) is 5.75 Å². The highest BCUT2D eigenvalue weighted by Crippen LogP contribution is 2.32. The summed E-state index contributed by atoms with van der Waals surface area (Å²) in [6.07, 6.45) is 7.18. The third-order valence-electron chi connectivity index (χ3n) is 5.15. The normalized spacial score (nSPS) is 14.9. The Balaban J connectivity index is 1.69. The number of carbonyl (C=O) groups excluding carboxylic acids is 1. The number of phenols is 1. The highest BCUT2D eigenvalue weighted by molar-refractivity contribution is 6.27. The van der Waals surface area contributed by atoms with Gasteiger partial charge in [-0.25, -0.2) is 0 Å². The molecule has 1 aliphatic heterocycles. The van der Waals surface area contributed by atoms with Crippen molar-refractivity contribution in [2.75, 3.05) is 18.0 Å². The molecular formula is C25H28N4O2. The van der Waals surface area contributed by atoms with E-state index in [1.165, 1.54) is 25.3 Å². The number of rotatable bonds is 9. The predicted octanol–water partition coefficient (Wildman–Crippen LogP) is 5.41. The Hall–Kier alpha value is -3.54. The molecule has 3 rings (SSSR count). The fraction of sp³-hybridized carbons (Fsp3) is 0.280. The highest BCUT2D eigenvalue weighted by atomic mass is 16.3. The molecule has 0 bridgehead atoms. The maximum Gasteiger partial charge on any atom is 0.169 e. The molecule has 0 atom stereocenters. The van der Waals surface area contributed by atoms with E-state index in [-0.39, 0.29) is 24.4 Å². The van der Waals surface area contributed by atoms with Crippen LogP contribution in [0.5, 0.6) is 5.75 Å². The van der Waals surface area contributed by atoms with Crippen molar-refractivity contribution in [1.29, 1.82) is 5.41 Å². The zero-order valence-electron chi connectivity index (χ0n) is 17.8. The molecule has 1 aliphatic rings. The van der Waals surface area contributed by atoms with Crippen molar-refractivity contribution in [3.63, 3.8) is 0 Å². The average Bonchev–Trinajstić information content (AvgIpc) is 3.31. The molecule has 1 fully saturated rings. The van der Waals surface area contributed by atoms with E-state index in [9.17, 15) is 9.90 Å². The summed E-state index contributed by atoms with van der Waals surface area (Å²) >= 11 is 0. The molecule has 0 radical (unpaired) electrons. The van der Waals surface area contributed by atoms with Gasteiger partial charge in [0.15, 0.2) is 5.78 Å². The Morgan fingerprint density at radius 3 is 2.52 bits per heavy atom. The fourth-order valence-electron chi connectivity index (χ4n) is 3.59. The van der Waals surface area contributed by atoms with Crippen LogP contribution in [0.3, 0.4) is 0 Å². The molecule has 1 saturated heterocycles. The van der Waals surface area contributed by atoms with E-state index in [0.717, 1.165) is 24.5 Å². The summed E-state index contributed by atoms with van der Waals surface area (Å²) in [4.78, 5) is 23.9. The number of benzene rings is 2. The molecule has 2 N–H and O–H groups in total. The van der Waals surface area contributed by atoms with Crippen LogP contribution in [0.25, 0.3) is 0 Å². The molecular weight excluding hydrogens is 388 g/mol. The number of phenolic OH excluding ortho intramolecular Hbond substituents is 1. The second-order valence-corrected chi connectivity index (χ2v) is 7.31. The van der Waals surface area contributed by atoms with Crippen LogP contribution in [0, 0.1) is 5.41 Å². The molecule has 2 aromatic carbocycles. The lowest BCUT2D eigenvalue weighted by Crippen LogP contribution is -2.17. The van der Waals surface area contributed by atoms with Crippen LogP contribution < -0.4 is 4.90 Å². The standard InChI is InChI=1S/C25H28N4O2/c1-2-21(22(12-14-26)28-19-8-4-3-5-9-19)24(30)13-15-27-23-11-10-20(18-25(23)31)29-16-6-7-17-29/h2-5,8-11,14-15,18,26,31H,6-7,12-13,16-17H2,1H3/b21-2-,26-14?,27-15?,28-22?. The molecule has 0 unspecified atom stereocenters. The van der Waals surface area contributed by atoms with Crippen molar-refractivity contribution in [1.82, 2.24) is 0 Å². The van der Waals surface area contributed by atoms with E-state index in [4.69, 9.17) is 5.41 Å². The van der Waals surface area contributed by atoms with Gasteiger partial charge in [-0.2, -0.15) is 0 Å². The molecule has 6 nitrogen and oxygen atoms in total. The first-order chi connectivity index (χ1) is 15.1. The van der Waals surface area contributed by atoms with Gasteiger partial charge in [0.05, 0.1) is 11.4 Å². The summed E-state index contributed by atoms with van der Waals surface area (Å²) < 4.78 is 0. The molecule has 0 aliphatic carbocycles. The Kier molecular flexibility index (Phi) is 7.87. The third-order valence-corrected chi connectivity index (χ3v) is 5.15. The molecule has 0 spiro atoms.